The van der Waals surface area contributed by atoms with Crippen LogP contribution in [0.1, 0.15) is 26.2 Å². The zero-order valence-corrected chi connectivity index (χ0v) is 13.2. The van der Waals surface area contributed by atoms with Gasteiger partial charge in [-0.3, -0.25) is 9.59 Å². The molecule has 0 aromatic heterocycles. The normalized spacial score (nSPS) is 16.9. The van der Waals surface area contributed by atoms with E-state index < -0.39 is 0 Å². The summed E-state index contributed by atoms with van der Waals surface area (Å²) in [6.45, 7) is 1.90. The summed E-state index contributed by atoms with van der Waals surface area (Å²) in [7, 11) is 1.42. The number of anilines is 1. The van der Waals surface area contributed by atoms with E-state index in [2.05, 4.69) is 5.32 Å². The Morgan fingerprint density at radius 3 is 2.57 bits per heavy atom. The van der Waals surface area contributed by atoms with Gasteiger partial charge in [0.05, 0.1) is 18.8 Å². The summed E-state index contributed by atoms with van der Waals surface area (Å²) in [4.78, 5) is 23.5. The predicted octanol–water partition coefficient (Wildman–Crippen LogP) is 3.09. The van der Waals surface area contributed by atoms with Crippen LogP contribution in [0.4, 0.5) is 5.69 Å². The maximum absolute atomic E-state index is 12.1. The highest BCUT2D eigenvalue weighted by atomic mass is 32.2. The van der Waals surface area contributed by atoms with Gasteiger partial charge in [0.1, 0.15) is 0 Å². The molecule has 1 N–H and O–H groups in total. The number of carbonyl (C=O) groups is 2. The molecule has 1 aliphatic rings. The van der Waals surface area contributed by atoms with Crippen molar-refractivity contribution in [3.05, 3.63) is 30.3 Å². The van der Waals surface area contributed by atoms with Crippen molar-refractivity contribution < 1.29 is 14.3 Å². The second-order valence-corrected chi connectivity index (χ2v) is 6.89. The number of amides is 1. The van der Waals surface area contributed by atoms with E-state index in [9.17, 15) is 9.59 Å². The van der Waals surface area contributed by atoms with Gasteiger partial charge in [0.25, 0.3) is 0 Å². The highest BCUT2D eigenvalue weighted by molar-refractivity contribution is 8.00. The van der Waals surface area contributed by atoms with Gasteiger partial charge in [0.2, 0.25) is 5.91 Å². The van der Waals surface area contributed by atoms with E-state index in [1.54, 1.807) is 11.8 Å². The Morgan fingerprint density at radius 2 is 2.00 bits per heavy atom. The number of para-hydroxylation sites is 1. The maximum atomic E-state index is 12.1. The summed E-state index contributed by atoms with van der Waals surface area (Å²) >= 11 is 1.61. The molecule has 0 saturated heterocycles. The lowest BCUT2D eigenvalue weighted by molar-refractivity contribution is -0.141. The fourth-order valence-electron chi connectivity index (χ4n) is 2.07. The van der Waals surface area contributed by atoms with Crippen molar-refractivity contribution in [2.75, 3.05) is 18.2 Å². The Hall–Kier alpha value is -1.49. The first-order chi connectivity index (χ1) is 10.0. The number of benzene rings is 1. The summed E-state index contributed by atoms with van der Waals surface area (Å²) in [5.41, 5.74) is 0.865. The van der Waals surface area contributed by atoms with Crippen molar-refractivity contribution in [2.24, 2.45) is 5.41 Å². The molecule has 2 rings (SSSR count). The fraction of sp³-hybridized carbons (Fsp3) is 0.500. The number of thioether (sulfide) groups is 1. The number of methoxy groups -OCH3 is 1. The van der Waals surface area contributed by atoms with Gasteiger partial charge in [0.15, 0.2) is 0 Å². The molecule has 1 saturated carbocycles. The molecule has 0 heterocycles. The van der Waals surface area contributed by atoms with Crippen molar-refractivity contribution in [3.63, 3.8) is 0 Å². The molecule has 114 valence electrons. The number of esters is 1. The molecule has 4 nitrogen and oxygen atoms in total. The Labute approximate surface area is 129 Å². The molecule has 0 bridgehead atoms. The van der Waals surface area contributed by atoms with Crippen molar-refractivity contribution in [2.45, 2.75) is 31.4 Å². The summed E-state index contributed by atoms with van der Waals surface area (Å²) in [6, 6.07) is 9.44. The number of carbonyl (C=O) groups excluding carboxylic acids is 2. The highest BCUT2D eigenvalue weighted by Crippen LogP contribution is 2.51. The van der Waals surface area contributed by atoms with Gasteiger partial charge in [-0.05, 0) is 37.3 Å². The summed E-state index contributed by atoms with van der Waals surface area (Å²) < 4.78 is 4.73. The number of ether oxygens (including phenoxy) is 1. The highest BCUT2D eigenvalue weighted by Gasteiger charge is 2.45. The molecule has 0 spiro atoms. The van der Waals surface area contributed by atoms with E-state index in [1.165, 1.54) is 7.11 Å². The van der Waals surface area contributed by atoms with E-state index in [4.69, 9.17) is 4.74 Å². The molecule has 1 amide bonds. The average Bonchev–Trinajstić information content (AvgIpc) is 3.25. The van der Waals surface area contributed by atoms with E-state index in [0.717, 1.165) is 24.3 Å². The van der Waals surface area contributed by atoms with Gasteiger partial charge in [-0.25, -0.2) is 0 Å². The number of rotatable bonds is 7. The van der Waals surface area contributed by atoms with E-state index in [-0.39, 0.29) is 22.5 Å². The second-order valence-electron chi connectivity index (χ2n) is 5.56. The number of nitrogens with one attached hydrogen (secondary N) is 1. The summed E-state index contributed by atoms with van der Waals surface area (Å²) in [6.07, 6.45) is 2.55. The molecular weight excluding hydrogens is 286 g/mol. The van der Waals surface area contributed by atoms with Crippen molar-refractivity contribution in [3.8, 4) is 0 Å². The van der Waals surface area contributed by atoms with Crippen molar-refractivity contribution >= 4 is 29.3 Å². The van der Waals surface area contributed by atoms with E-state index in [0.29, 0.717) is 6.42 Å². The Morgan fingerprint density at radius 1 is 1.33 bits per heavy atom. The van der Waals surface area contributed by atoms with Crippen molar-refractivity contribution in [1.29, 1.82) is 0 Å². The lowest BCUT2D eigenvalue weighted by Gasteiger charge is -2.17. The third-order valence-corrected chi connectivity index (χ3v) is 5.25. The van der Waals surface area contributed by atoms with Crippen LogP contribution in [-0.4, -0.2) is 30.0 Å². The van der Waals surface area contributed by atoms with E-state index >= 15 is 0 Å². The molecule has 0 aliphatic heterocycles. The largest absolute Gasteiger partial charge is 0.469 e. The van der Waals surface area contributed by atoms with Gasteiger partial charge in [0, 0.05) is 11.4 Å². The predicted molar refractivity (Wildman–Crippen MR) is 85.3 cm³/mol. The molecule has 1 unspecified atom stereocenters. The first-order valence-electron chi connectivity index (χ1n) is 7.09. The Kier molecular flexibility index (Phi) is 5.28. The first-order valence-corrected chi connectivity index (χ1v) is 8.14. The maximum Gasteiger partial charge on any atom is 0.306 e. The Balaban J connectivity index is 1.78. The van der Waals surface area contributed by atoms with Crippen LogP contribution in [0.15, 0.2) is 30.3 Å². The lowest BCUT2D eigenvalue weighted by atomic mass is 10.1. The third-order valence-electron chi connectivity index (χ3n) is 3.75. The van der Waals surface area contributed by atoms with Gasteiger partial charge >= 0.3 is 5.97 Å². The SMILES string of the molecule is COC(=O)CC1(CSC(C)C(=O)Nc2ccccc2)CC1. The molecule has 1 aromatic carbocycles. The van der Waals surface area contributed by atoms with Crippen LogP contribution in [0, 0.1) is 5.41 Å². The molecule has 5 heteroatoms. The van der Waals surface area contributed by atoms with Crippen LogP contribution < -0.4 is 5.32 Å². The van der Waals surface area contributed by atoms with Crippen LogP contribution in [0.25, 0.3) is 0 Å². The van der Waals surface area contributed by atoms with Crippen LogP contribution in [-0.2, 0) is 14.3 Å². The van der Waals surface area contributed by atoms with Gasteiger partial charge in [-0.2, -0.15) is 0 Å². The molecule has 0 radical (unpaired) electrons. The van der Waals surface area contributed by atoms with Gasteiger partial charge in [-0.1, -0.05) is 18.2 Å². The third kappa shape index (κ3) is 4.77. The standard InChI is InChI=1S/C16H21NO3S/c1-12(15(19)17-13-6-4-3-5-7-13)21-11-16(8-9-16)10-14(18)20-2/h3-7,12H,8-11H2,1-2H3,(H,17,19). The van der Waals surface area contributed by atoms with E-state index in [1.807, 2.05) is 37.3 Å². The average molecular weight is 307 g/mol. The summed E-state index contributed by atoms with van der Waals surface area (Å²) in [5, 5.41) is 2.76. The minimum absolute atomic E-state index is 0.0000630. The first kappa shape index (κ1) is 15.9. The Bertz CT molecular complexity index is 500. The van der Waals surface area contributed by atoms with Gasteiger partial charge < -0.3 is 10.1 Å². The van der Waals surface area contributed by atoms with Crippen LogP contribution in [0.5, 0.6) is 0 Å². The molecule has 21 heavy (non-hydrogen) atoms. The molecule has 1 aliphatic carbocycles. The lowest BCUT2D eigenvalue weighted by Crippen LogP contribution is -2.24. The zero-order chi connectivity index (χ0) is 15.3. The molecule has 1 aromatic rings. The minimum atomic E-state index is -0.158. The fourth-order valence-corrected chi connectivity index (χ4v) is 3.27. The number of hydrogen-bond acceptors (Lipinski definition) is 4. The van der Waals surface area contributed by atoms with Crippen LogP contribution in [0.3, 0.4) is 0 Å². The topological polar surface area (TPSA) is 55.4 Å². The second kappa shape index (κ2) is 6.98. The van der Waals surface area contributed by atoms with Crippen LogP contribution in [0.2, 0.25) is 0 Å². The van der Waals surface area contributed by atoms with Crippen molar-refractivity contribution in [1.82, 2.24) is 0 Å². The smallest absolute Gasteiger partial charge is 0.306 e. The van der Waals surface area contributed by atoms with Crippen LogP contribution >= 0.6 is 11.8 Å². The van der Waals surface area contributed by atoms with Gasteiger partial charge in [-0.15, -0.1) is 11.8 Å². The summed E-state index contributed by atoms with van der Waals surface area (Å²) in [5.74, 6) is 0.667. The molecule has 1 atom stereocenters. The quantitative estimate of drug-likeness (QED) is 0.787. The molecular formula is C16H21NO3S. The number of hydrogen-bond donors (Lipinski definition) is 1. The zero-order valence-electron chi connectivity index (χ0n) is 12.4. The monoisotopic (exact) mass is 307 g/mol. The minimum Gasteiger partial charge on any atom is -0.469 e. The molecule has 1 fully saturated rings.